The largest absolute Gasteiger partial charge is 0.423 e. The third-order valence-corrected chi connectivity index (χ3v) is 3.82. The van der Waals surface area contributed by atoms with Crippen molar-refractivity contribution < 1.29 is 14.1 Å². The Balaban J connectivity index is 2.01. The minimum Gasteiger partial charge on any atom is -0.423 e. The quantitative estimate of drug-likeness (QED) is 0.510. The van der Waals surface area contributed by atoms with Gasteiger partial charge in [-0.05, 0) is 31.5 Å². The van der Waals surface area contributed by atoms with E-state index in [0.29, 0.717) is 27.8 Å². The molecule has 116 valence electrons. The molecule has 0 unspecified atom stereocenters. The van der Waals surface area contributed by atoms with Crippen LogP contribution in [0.4, 0.5) is 0 Å². The van der Waals surface area contributed by atoms with Crippen LogP contribution in [0.5, 0.6) is 5.75 Å². The molecule has 0 atom stereocenters. The second-order valence-electron chi connectivity index (χ2n) is 5.10. The van der Waals surface area contributed by atoms with Crippen LogP contribution in [0.3, 0.4) is 0 Å². The van der Waals surface area contributed by atoms with Gasteiger partial charge in [0.25, 0.3) is 0 Å². The molecule has 0 radical (unpaired) electrons. The predicted molar refractivity (Wildman–Crippen MR) is 87.8 cm³/mol. The van der Waals surface area contributed by atoms with E-state index in [0.717, 1.165) is 5.56 Å². The van der Waals surface area contributed by atoms with Crippen LogP contribution in [0.15, 0.2) is 53.1 Å². The molecule has 0 bridgehead atoms. The zero-order valence-electron chi connectivity index (χ0n) is 12.7. The van der Waals surface area contributed by atoms with E-state index >= 15 is 0 Å². The normalized spacial score (nSPS) is 10.6. The second kappa shape index (κ2) is 6.26. The summed E-state index contributed by atoms with van der Waals surface area (Å²) in [5.41, 5.74) is 2.16. The van der Waals surface area contributed by atoms with Gasteiger partial charge in [-0.3, -0.25) is 0 Å². The molecule has 5 heteroatoms. The Kier molecular flexibility index (Phi) is 4.17. The fourth-order valence-corrected chi connectivity index (χ4v) is 2.50. The Hall–Kier alpha value is -2.59. The van der Waals surface area contributed by atoms with E-state index in [2.05, 4.69) is 5.16 Å². The zero-order chi connectivity index (χ0) is 16.4. The molecular formula is C18H14ClNO3. The lowest BCUT2D eigenvalue weighted by atomic mass is 10.1. The molecule has 2 aromatic carbocycles. The maximum atomic E-state index is 12.6. The first kappa shape index (κ1) is 15.3. The number of benzene rings is 2. The van der Waals surface area contributed by atoms with Gasteiger partial charge in [-0.2, -0.15) is 0 Å². The van der Waals surface area contributed by atoms with Crippen LogP contribution >= 0.6 is 11.6 Å². The molecular weight excluding hydrogens is 314 g/mol. The number of halogens is 1. The Morgan fingerprint density at radius 1 is 1.09 bits per heavy atom. The summed E-state index contributed by atoms with van der Waals surface area (Å²) < 4.78 is 10.7. The van der Waals surface area contributed by atoms with Crippen molar-refractivity contribution in [2.75, 3.05) is 0 Å². The van der Waals surface area contributed by atoms with Gasteiger partial charge in [0.15, 0.2) is 0 Å². The smallest absolute Gasteiger partial charge is 0.349 e. The lowest BCUT2D eigenvalue weighted by molar-refractivity contribution is 0.0732. The van der Waals surface area contributed by atoms with Crippen molar-refractivity contribution in [2.45, 2.75) is 13.8 Å². The molecule has 0 aliphatic rings. The number of carbonyl (C=O) groups is 1. The molecule has 3 aromatic rings. The van der Waals surface area contributed by atoms with Crippen molar-refractivity contribution in [3.8, 4) is 17.0 Å². The SMILES string of the molecule is Cc1ccccc1OC(=O)c1c(-c2ccccc2Cl)noc1C. The lowest BCUT2D eigenvalue weighted by Crippen LogP contribution is -2.11. The average Bonchev–Trinajstić information content (AvgIpc) is 2.91. The van der Waals surface area contributed by atoms with Gasteiger partial charge in [-0.25, -0.2) is 4.79 Å². The van der Waals surface area contributed by atoms with Crippen LogP contribution in [0.2, 0.25) is 5.02 Å². The molecule has 3 rings (SSSR count). The average molecular weight is 328 g/mol. The first-order valence-electron chi connectivity index (χ1n) is 7.07. The monoisotopic (exact) mass is 327 g/mol. The maximum Gasteiger partial charge on any atom is 0.349 e. The minimum absolute atomic E-state index is 0.279. The molecule has 1 heterocycles. The number of hydrogen-bond donors (Lipinski definition) is 0. The van der Waals surface area contributed by atoms with Crippen LogP contribution in [0, 0.1) is 13.8 Å². The number of carbonyl (C=O) groups excluding carboxylic acids is 1. The fourth-order valence-electron chi connectivity index (χ4n) is 2.27. The van der Waals surface area contributed by atoms with E-state index in [1.165, 1.54) is 0 Å². The molecule has 0 N–H and O–H groups in total. The summed E-state index contributed by atoms with van der Waals surface area (Å²) >= 11 is 6.20. The Bertz CT molecular complexity index is 870. The van der Waals surface area contributed by atoms with Crippen molar-refractivity contribution in [3.63, 3.8) is 0 Å². The molecule has 0 amide bonds. The van der Waals surface area contributed by atoms with Crippen LogP contribution in [-0.2, 0) is 0 Å². The number of aryl methyl sites for hydroxylation is 2. The van der Waals surface area contributed by atoms with Gasteiger partial charge in [0.2, 0.25) is 0 Å². The fraction of sp³-hybridized carbons (Fsp3) is 0.111. The van der Waals surface area contributed by atoms with Gasteiger partial charge in [-0.15, -0.1) is 0 Å². The van der Waals surface area contributed by atoms with Crippen molar-refractivity contribution in [2.24, 2.45) is 0 Å². The third kappa shape index (κ3) is 2.98. The Morgan fingerprint density at radius 3 is 2.52 bits per heavy atom. The van der Waals surface area contributed by atoms with Crippen LogP contribution in [0.1, 0.15) is 21.7 Å². The first-order valence-corrected chi connectivity index (χ1v) is 7.44. The summed E-state index contributed by atoms with van der Waals surface area (Å²) in [7, 11) is 0. The number of esters is 1. The van der Waals surface area contributed by atoms with E-state index in [1.54, 1.807) is 25.1 Å². The highest BCUT2D eigenvalue weighted by Crippen LogP contribution is 2.32. The molecule has 0 saturated carbocycles. The van der Waals surface area contributed by atoms with E-state index in [-0.39, 0.29) is 5.56 Å². The molecule has 0 fully saturated rings. The van der Waals surface area contributed by atoms with Gasteiger partial charge in [-0.1, -0.05) is 53.2 Å². The number of ether oxygens (including phenoxy) is 1. The van der Waals surface area contributed by atoms with Crippen LogP contribution in [-0.4, -0.2) is 11.1 Å². The van der Waals surface area contributed by atoms with Crippen molar-refractivity contribution in [3.05, 3.63) is 70.4 Å². The number of rotatable bonds is 3. The van der Waals surface area contributed by atoms with Crippen LogP contribution in [0.25, 0.3) is 11.3 Å². The number of aromatic nitrogens is 1. The summed E-state index contributed by atoms with van der Waals surface area (Å²) in [6, 6.07) is 14.5. The number of hydrogen-bond acceptors (Lipinski definition) is 4. The van der Waals surface area contributed by atoms with Gasteiger partial charge in [0, 0.05) is 5.56 Å². The molecule has 0 aliphatic carbocycles. The van der Waals surface area contributed by atoms with E-state index in [9.17, 15) is 4.79 Å². The third-order valence-electron chi connectivity index (χ3n) is 3.49. The summed E-state index contributed by atoms with van der Waals surface area (Å²) in [4.78, 5) is 12.6. The van der Waals surface area contributed by atoms with Gasteiger partial charge in [0.1, 0.15) is 22.8 Å². The molecule has 23 heavy (non-hydrogen) atoms. The maximum absolute atomic E-state index is 12.6. The summed E-state index contributed by atoms with van der Waals surface area (Å²) in [6.45, 7) is 3.54. The zero-order valence-corrected chi connectivity index (χ0v) is 13.4. The van der Waals surface area contributed by atoms with Crippen molar-refractivity contribution in [1.29, 1.82) is 0 Å². The molecule has 0 spiro atoms. The van der Waals surface area contributed by atoms with Gasteiger partial charge in [0.05, 0.1) is 5.02 Å². The van der Waals surface area contributed by atoms with Crippen molar-refractivity contribution in [1.82, 2.24) is 5.16 Å². The number of para-hydroxylation sites is 1. The summed E-state index contributed by atoms with van der Waals surface area (Å²) in [6.07, 6.45) is 0. The van der Waals surface area contributed by atoms with Crippen LogP contribution < -0.4 is 4.74 Å². The highest BCUT2D eigenvalue weighted by Gasteiger charge is 2.25. The molecule has 4 nitrogen and oxygen atoms in total. The number of nitrogens with zero attached hydrogens (tertiary/aromatic N) is 1. The highest BCUT2D eigenvalue weighted by molar-refractivity contribution is 6.33. The summed E-state index contributed by atoms with van der Waals surface area (Å²) in [5, 5.41) is 4.46. The van der Waals surface area contributed by atoms with E-state index in [1.807, 2.05) is 37.3 Å². The predicted octanol–water partition coefficient (Wildman–Crippen LogP) is 4.83. The Morgan fingerprint density at radius 2 is 1.78 bits per heavy atom. The molecule has 1 aromatic heterocycles. The van der Waals surface area contributed by atoms with Gasteiger partial charge < -0.3 is 9.26 Å². The summed E-state index contributed by atoms with van der Waals surface area (Å²) in [5.74, 6) is 0.370. The minimum atomic E-state index is -0.520. The first-order chi connectivity index (χ1) is 11.1. The standard InChI is InChI=1S/C18H14ClNO3/c1-11-7-3-6-10-15(11)22-18(21)16-12(2)23-20-17(16)13-8-4-5-9-14(13)19/h3-10H,1-2H3. The lowest BCUT2D eigenvalue weighted by Gasteiger charge is -2.07. The van der Waals surface area contributed by atoms with Gasteiger partial charge >= 0.3 is 5.97 Å². The van der Waals surface area contributed by atoms with Crippen molar-refractivity contribution >= 4 is 17.6 Å². The molecule has 0 aliphatic heterocycles. The molecule has 0 saturated heterocycles. The topological polar surface area (TPSA) is 52.3 Å². The van der Waals surface area contributed by atoms with E-state index < -0.39 is 5.97 Å². The Labute approximate surface area is 138 Å². The highest BCUT2D eigenvalue weighted by atomic mass is 35.5. The van der Waals surface area contributed by atoms with E-state index in [4.69, 9.17) is 20.9 Å². The second-order valence-corrected chi connectivity index (χ2v) is 5.50.